The molecule has 82 valence electrons. The van der Waals surface area contributed by atoms with Crippen molar-refractivity contribution < 1.29 is 4.79 Å². The van der Waals surface area contributed by atoms with Crippen molar-refractivity contribution in [2.75, 3.05) is 0 Å². The van der Waals surface area contributed by atoms with Crippen LogP contribution in [0.1, 0.15) is 51.4 Å². The molecule has 4 unspecified atom stereocenters. The maximum atomic E-state index is 12.3. The average molecular weight is 204 g/mol. The molecule has 0 radical (unpaired) electrons. The van der Waals surface area contributed by atoms with Gasteiger partial charge in [0.05, 0.1) is 0 Å². The fraction of sp³-hybridized carbons (Fsp3) is 0.929. The Morgan fingerprint density at radius 1 is 1.20 bits per heavy atom. The van der Waals surface area contributed by atoms with Crippen LogP contribution >= 0.6 is 0 Å². The lowest BCUT2D eigenvalue weighted by Crippen LogP contribution is -2.18. The van der Waals surface area contributed by atoms with Gasteiger partial charge in [0.1, 0.15) is 5.78 Å². The summed E-state index contributed by atoms with van der Waals surface area (Å²) in [7, 11) is 0. The van der Waals surface area contributed by atoms with Gasteiger partial charge in [0.2, 0.25) is 0 Å². The third-order valence-corrected chi connectivity index (χ3v) is 5.78. The first-order valence-corrected chi connectivity index (χ1v) is 6.81. The predicted molar refractivity (Wildman–Crippen MR) is 58.3 cm³/mol. The van der Waals surface area contributed by atoms with Crippen molar-refractivity contribution in [3.63, 3.8) is 0 Å². The molecule has 0 aliphatic heterocycles. The van der Waals surface area contributed by atoms with Gasteiger partial charge >= 0.3 is 0 Å². The van der Waals surface area contributed by atoms with Crippen molar-refractivity contribution in [1.82, 2.24) is 0 Å². The minimum Gasteiger partial charge on any atom is -0.299 e. The van der Waals surface area contributed by atoms with Crippen LogP contribution in [0.3, 0.4) is 0 Å². The van der Waals surface area contributed by atoms with E-state index in [-0.39, 0.29) is 5.41 Å². The summed E-state index contributed by atoms with van der Waals surface area (Å²) in [5.74, 6) is 4.35. The largest absolute Gasteiger partial charge is 0.299 e. The van der Waals surface area contributed by atoms with Crippen LogP contribution in [0.5, 0.6) is 0 Å². The number of fused-ring (bicyclic) bond motifs is 2. The molecule has 4 rings (SSSR count). The van der Waals surface area contributed by atoms with E-state index >= 15 is 0 Å². The molecule has 0 aromatic carbocycles. The van der Waals surface area contributed by atoms with Gasteiger partial charge in [-0.15, -0.1) is 0 Å². The van der Waals surface area contributed by atoms with Crippen LogP contribution in [-0.2, 0) is 4.79 Å². The summed E-state index contributed by atoms with van der Waals surface area (Å²) in [5.41, 5.74) is 0.243. The van der Waals surface area contributed by atoms with Gasteiger partial charge in [-0.3, -0.25) is 4.79 Å². The quantitative estimate of drug-likeness (QED) is 0.690. The predicted octanol–water partition coefficient (Wildman–Crippen LogP) is 3.18. The van der Waals surface area contributed by atoms with Crippen LogP contribution in [0, 0.1) is 29.1 Å². The van der Waals surface area contributed by atoms with Crippen molar-refractivity contribution in [3.05, 3.63) is 0 Å². The monoisotopic (exact) mass is 204 g/mol. The van der Waals surface area contributed by atoms with Crippen LogP contribution in [0.15, 0.2) is 0 Å². The minimum atomic E-state index is 0.243. The van der Waals surface area contributed by atoms with Crippen molar-refractivity contribution >= 4 is 5.78 Å². The highest BCUT2D eigenvalue weighted by Crippen LogP contribution is 2.65. The number of ketones is 1. The number of Topliss-reactive ketones (excluding diaryl/α,β-unsaturated/α-hetero) is 1. The number of carbonyl (C=O) groups is 1. The highest BCUT2D eigenvalue weighted by Gasteiger charge is 2.61. The molecule has 4 aliphatic rings. The Bertz CT molecular complexity index is 311. The molecule has 4 atom stereocenters. The molecule has 0 heterocycles. The van der Waals surface area contributed by atoms with Crippen molar-refractivity contribution in [2.45, 2.75) is 51.4 Å². The summed E-state index contributed by atoms with van der Waals surface area (Å²) in [5, 5.41) is 0. The summed E-state index contributed by atoms with van der Waals surface area (Å²) in [4.78, 5) is 12.3. The number of hydrogen-bond donors (Lipinski definition) is 0. The Balaban J connectivity index is 1.40. The molecule has 4 saturated carbocycles. The second-order valence-electron chi connectivity index (χ2n) is 6.67. The normalized spacial score (nSPS) is 54.9. The molecule has 15 heavy (non-hydrogen) atoms. The molecular weight excluding hydrogens is 184 g/mol. The summed E-state index contributed by atoms with van der Waals surface area (Å²) in [6.07, 6.45) is 10.4. The first kappa shape index (κ1) is 8.78. The highest BCUT2D eigenvalue weighted by molar-refractivity contribution is 5.88. The Morgan fingerprint density at radius 3 is 2.60 bits per heavy atom. The second-order valence-corrected chi connectivity index (χ2v) is 6.67. The zero-order chi connectivity index (χ0) is 10.0. The van der Waals surface area contributed by atoms with E-state index in [9.17, 15) is 4.79 Å². The molecule has 0 bridgehead atoms. The summed E-state index contributed by atoms with van der Waals surface area (Å²) in [6, 6.07) is 0. The van der Waals surface area contributed by atoms with E-state index in [1.54, 1.807) is 0 Å². The molecule has 0 N–H and O–H groups in total. The zero-order valence-electron chi connectivity index (χ0n) is 9.37. The number of rotatable bonds is 3. The van der Waals surface area contributed by atoms with E-state index in [0.29, 0.717) is 5.78 Å². The van der Waals surface area contributed by atoms with E-state index in [4.69, 9.17) is 0 Å². The van der Waals surface area contributed by atoms with Crippen LogP contribution in [0.4, 0.5) is 0 Å². The SMILES string of the molecule is O=C(CC1CC2CC2C1)C12CCCC1C2. The maximum Gasteiger partial charge on any atom is 0.139 e. The molecule has 4 fully saturated rings. The van der Waals surface area contributed by atoms with Crippen LogP contribution in [0.2, 0.25) is 0 Å². The molecule has 0 saturated heterocycles. The van der Waals surface area contributed by atoms with Crippen LogP contribution in [0.25, 0.3) is 0 Å². The van der Waals surface area contributed by atoms with Gasteiger partial charge in [0.25, 0.3) is 0 Å². The van der Waals surface area contributed by atoms with E-state index in [0.717, 1.165) is 30.1 Å². The van der Waals surface area contributed by atoms with E-state index in [2.05, 4.69) is 0 Å². The second kappa shape index (κ2) is 2.67. The van der Waals surface area contributed by atoms with Crippen LogP contribution < -0.4 is 0 Å². The van der Waals surface area contributed by atoms with Gasteiger partial charge in [-0.25, -0.2) is 0 Å². The number of hydrogen-bond acceptors (Lipinski definition) is 1. The van der Waals surface area contributed by atoms with E-state index in [1.807, 2.05) is 0 Å². The van der Waals surface area contributed by atoms with Crippen molar-refractivity contribution in [2.24, 2.45) is 29.1 Å². The van der Waals surface area contributed by atoms with E-state index < -0.39 is 0 Å². The van der Waals surface area contributed by atoms with Gasteiger partial charge in [-0.1, -0.05) is 6.42 Å². The first-order chi connectivity index (χ1) is 7.28. The molecule has 0 aromatic rings. The minimum absolute atomic E-state index is 0.243. The Kier molecular flexibility index (Phi) is 1.56. The molecular formula is C14H20O. The zero-order valence-corrected chi connectivity index (χ0v) is 9.37. The Morgan fingerprint density at radius 2 is 2.00 bits per heavy atom. The average Bonchev–Trinajstić information content (AvgIpc) is 3.04. The molecule has 4 aliphatic carbocycles. The van der Waals surface area contributed by atoms with Crippen LogP contribution in [-0.4, -0.2) is 5.78 Å². The maximum absolute atomic E-state index is 12.3. The molecule has 0 aromatic heterocycles. The third kappa shape index (κ3) is 1.18. The van der Waals surface area contributed by atoms with Gasteiger partial charge in [0, 0.05) is 11.8 Å². The number of carbonyl (C=O) groups excluding carboxylic acids is 1. The summed E-state index contributed by atoms with van der Waals surface area (Å²) in [6.45, 7) is 0. The first-order valence-electron chi connectivity index (χ1n) is 6.81. The Labute approximate surface area is 91.6 Å². The third-order valence-electron chi connectivity index (χ3n) is 5.78. The Hall–Kier alpha value is -0.330. The molecule has 0 spiro atoms. The lowest BCUT2D eigenvalue weighted by molar-refractivity contribution is -0.125. The summed E-state index contributed by atoms with van der Waals surface area (Å²) >= 11 is 0. The van der Waals surface area contributed by atoms with Gasteiger partial charge < -0.3 is 0 Å². The van der Waals surface area contributed by atoms with Crippen molar-refractivity contribution in [1.29, 1.82) is 0 Å². The summed E-state index contributed by atoms with van der Waals surface area (Å²) < 4.78 is 0. The fourth-order valence-corrected chi connectivity index (χ4v) is 4.68. The van der Waals surface area contributed by atoms with E-state index in [1.165, 1.54) is 44.9 Å². The molecule has 1 nitrogen and oxygen atoms in total. The van der Waals surface area contributed by atoms with Gasteiger partial charge in [0.15, 0.2) is 0 Å². The van der Waals surface area contributed by atoms with Gasteiger partial charge in [-0.2, -0.15) is 0 Å². The standard InChI is InChI=1S/C14H20O/c15-13(14-3-1-2-12(14)8-14)6-9-4-10-7-11(10)5-9/h9-12H,1-8H2. The lowest BCUT2D eigenvalue weighted by atomic mass is 9.88. The molecule has 0 amide bonds. The highest BCUT2D eigenvalue weighted by atomic mass is 16.1. The molecule has 1 heteroatoms. The smallest absolute Gasteiger partial charge is 0.139 e. The van der Waals surface area contributed by atoms with Crippen molar-refractivity contribution in [3.8, 4) is 0 Å². The topological polar surface area (TPSA) is 17.1 Å². The fourth-order valence-electron chi connectivity index (χ4n) is 4.68. The van der Waals surface area contributed by atoms with Gasteiger partial charge in [-0.05, 0) is 62.2 Å². The lowest BCUT2D eigenvalue weighted by Gasteiger charge is -2.15.